The fourth-order valence-electron chi connectivity index (χ4n) is 1.37. The zero-order chi connectivity index (χ0) is 15.0. The van der Waals surface area contributed by atoms with Crippen molar-refractivity contribution in [3.63, 3.8) is 0 Å². The van der Waals surface area contributed by atoms with Crippen LogP contribution in [0.5, 0.6) is 0 Å². The Bertz CT molecular complexity index is 426. The van der Waals surface area contributed by atoms with Gasteiger partial charge >= 0.3 is 0 Å². The number of thioether (sulfide) groups is 1. The fraction of sp³-hybridized carbons (Fsp3) is 0.500. The maximum absolute atomic E-state index is 11.6. The molecule has 1 aromatic rings. The molecule has 0 saturated carbocycles. The van der Waals surface area contributed by atoms with Gasteiger partial charge in [-0.15, -0.1) is 0 Å². The summed E-state index contributed by atoms with van der Waals surface area (Å²) >= 11 is 3.07. The van der Waals surface area contributed by atoms with Crippen LogP contribution in [0, 0.1) is 0 Å². The lowest BCUT2D eigenvalue weighted by Gasteiger charge is -2.18. The van der Waals surface area contributed by atoms with Gasteiger partial charge in [-0.3, -0.25) is 20.4 Å². The molecule has 112 valence electrons. The number of aliphatic hydroxyl groups excluding tert-OH is 1. The summed E-state index contributed by atoms with van der Waals surface area (Å²) in [5, 5.41) is 13.1. The normalized spacial score (nSPS) is 13.6. The van der Waals surface area contributed by atoms with E-state index in [0.717, 1.165) is 11.5 Å². The molecule has 0 saturated heterocycles. The predicted octanol–water partition coefficient (Wildman–Crippen LogP) is 0.341. The average Bonchev–Trinajstić information content (AvgIpc) is 2.97. The highest BCUT2D eigenvalue weighted by molar-refractivity contribution is 7.99. The molecule has 2 atom stereocenters. The molecule has 6 nitrogen and oxygen atoms in total. The van der Waals surface area contributed by atoms with Gasteiger partial charge in [-0.2, -0.15) is 23.1 Å². The highest BCUT2D eigenvalue weighted by atomic mass is 32.2. The first-order chi connectivity index (χ1) is 9.56. The fourth-order valence-corrected chi connectivity index (χ4v) is 2.74. The summed E-state index contributed by atoms with van der Waals surface area (Å²) in [5.74, 6) is 0.610. The molecule has 2 amide bonds. The average molecular weight is 317 g/mol. The van der Waals surface area contributed by atoms with Crippen LogP contribution in [0.2, 0.25) is 0 Å². The van der Waals surface area contributed by atoms with Crippen molar-refractivity contribution in [2.24, 2.45) is 5.73 Å². The van der Waals surface area contributed by atoms with Crippen molar-refractivity contribution in [1.29, 1.82) is 0 Å². The van der Waals surface area contributed by atoms with Crippen LogP contribution < -0.4 is 16.6 Å². The van der Waals surface area contributed by atoms with Crippen LogP contribution in [0.4, 0.5) is 0 Å². The molecule has 1 unspecified atom stereocenters. The first kappa shape index (κ1) is 17.0. The van der Waals surface area contributed by atoms with E-state index in [0.29, 0.717) is 12.0 Å². The summed E-state index contributed by atoms with van der Waals surface area (Å²) in [6.45, 7) is 2.03. The van der Waals surface area contributed by atoms with Crippen LogP contribution in [0.1, 0.15) is 23.7 Å². The number of carbonyl (C=O) groups excluding carboxylic acids is 2. The Labute approximate surface area is 126 Å². The van der Waals surface area contributed by atoms with Crippen molar-refractivity contribution in [1.82, 2.24) is 10.9 Å². The molecule has 5 N–H and O–H groups in total. The van der Waals surface area contributed by atoms with Crippen LogP contribution in [-0.4, -0.2) is 40.6 Å². The van der Waals surface area contributed by atoms with Gasteiger partial charge in [0.1, 0.15) is 6.10 Å². The number of nitrogens with one attached hydrogen (secondary N) is 2. The Morgan fingerprint density at radius 2 is 2.25 bits per heavy atom. The maximum atomic E-state index is 11.6. The predicted molar refractivity (Wildman–Crippen MR) is 81.5 cm³/mol. The zero-order valence-corrected chi connectivity index (χ0v) is 12.8. The van der Waals surface area contributed by atoms with Gasteiger partial charge in [0.25, 0.3) is 11.8 Å². The van der Waals surface area contributed by atoms with E-state index in [2.05, 4.69) is 10.9 Å². The summed E-state index contributed by atoms with van der Waals surface area (Å²) in [4.78, 5) is 23.2. The third-order valence-corrected chi connectivity index (χ3v) is 4.17. The Morgan fingerprint density at radius 3 is 2.85 bits per heavy atom. The van der Waals surface area contributed by atoms with Gasteiger partial charge in [-0.1, -0.05) is 6.92 Å². The Kier molecular flexibility index (Phi) is 7.60. The van der Waals surface area contributed by atoms with E-state index in [-0.39, 0.29) is 0 Å². The topological polar surface area (TPSA) is 104 Å². The minimum absolute atomic E-state index is 0.429. The summed E-state index contributed by atoms with van der Waals surface area (Å²) in [7, 11) is 0. The number of aliphatic hydroxyl groups is 1. The van der Waals surface area contributed by atoms with E-state index in [1.807, 2.05) is 6.92 Å². The third-order valence-electron chi connectivity index (χ3n) is 2.56. The molecule has 0 radical (unpaired) electrons. The van der Waals surface area contributed by atoms with Crippen LogP contribution in [-0.2, 0) is 4.79 Å². The quantitative estimate of drug-likeness (QED) is 0.429. The first-order valence-corrected chi connectivity index (χ1v) is 8.29. The van der Waals surface area contributed by atoms with E-state index in [1.165, 1.54) is 11.3 Å². The molecule has 0 aliphatic rings. The Morgan fingerprint density at radius 1 is 1.50 bits per heavy atom. The Balaban J connectivity index is 2.32. The molecule has 0 aliphatic carbocycles. The van der Waals surface area contributed by atoms with Gasteiger partial charge in [0.15, 0.2) is 0 Å². The van der Waals surface area contributed by atoms with Crippen LogP contribution in [0.3, 0.4) is 0 Å². The van der Waals surface area contributed by atoms with Gasteiger partial charge in [0.05, 0.1) is 5.56 Å². The van der Waals surface area contributed by atoms with E-state index in [9.17, 15) is 14.7 Å². The molecule has 0 bridgehead atoms. The second-order valence-corrected chi connectivity index (χ2v) is 6.22. The standard InChI is InChI=1S/C12H19N3O3S2/c1-2-19-6-4-9(13)10(16)12(18)15-14-11(17)8-3-5-20-7-8/h3,5,7,9-10,16H,2,4,6,13H2,1H3,(H,14,17)(H,15,18)/t9-,10?/m1/s1. The van der Waals surface area contributed by atoms with E-state index < -0.39 is 24.0 Å². The smallest absolute Gasteiger partial charge is 0.270 e. The van der Waals surface area contributed by atoms with Crippen molar-refractivity contribution >= 4 is 34.9 Å². The number of rotatable bonds is 7. The summed E-state index contributed by atoms with van der Waals surface area (Å²) < 4.78 is 0. The van der Waals surface area contributed by atoms with E-state index >= 15 is 0 Å². The molecule has 1 rings (SSSR count). The second kappa shape index (κ2) is 8.96. The summed E-state index contributed by atoms with van der Waals surface area (Å²) in [6.07, 6.45) is -0.804. The molecule has 1 aromatic heterocycles. The van der Waals surface area contributed by atoms with Gasteiger partial charge < -0.3 is 10.8 Å². The number of amides is 2. The molecule has 0 spiro atoms. The van der Waals surface area contributed by atoms with E-state index in [4.69, 9.17) is 5.73 Å². The second-order valence-electron chi connectivity index (χ2n) is 4.05. The number of hydrogen-bond acceptors (Lipinski definition) is 6. The molecule has 1 heterocycles. The zero-order valence-electron chi connectivity index (χ0n) is 11.2. The molecule has 0 aliphatic heterocycles. The van der Waals surface area contributed by atoms with Crippen molar-refractivity contribution in [2.45, 2.75) is 25.5 Å². The van der Waals surface area contributed by atoms with Crippen molar-refractivity contribution in [3.8, 4) is 0 Å². The van der Waals surface area contributed by atoms with Gasteiger partial charge in [0.2, 0.25) is 0 Å². The van der Waals surface area contributed by atoms with Crippen LogP contribution >= 0.6 is 23.1 Å². The molecule has 20 heavy (non-hydrogen) atoms. The van der Waals surface area contributed by atoms with Crippen LogP contribution in [0.15, 0.2) is 16.8 Å². The molecule has 0 aromatic carbocycles. The lowest BCUT2D eigenvalue weighted by atomic mass is 10.1. The summed E-state index contributed by atoms with van der Waals surface area (Å²) in [6, 6.07) is 0.989. The molecule has 0 fully saturated rings. The highest BCUT2D eigenvalue weighted by Crippen LogP contribution is 2.06. The van der Waals surface area contributed by atoms with Crippen molar-refractivity contribution < 1.29 is 14.7 Å². The largest absolute Gasteiger partial charge is 0.382 e. The maximum Gasteiger partial charge on any atom is 0.270 e. The first-order valence-electron chi connectivity index (χ1n) is 6.20. The Hall–Kier alpha value is -1.09. The minimum atomic E-state index is -1.34. The monoisotopic (exact) mass is 317 g/mol. The third kappa shape index (κ3) is 5.49. The van der Waals surface area contributed by atoms with Gasteiger partial charge in [0, 0.05) is 11.4 Å². The molecular weight excluding hydrogens is 298 g/mol. The highest BCUT2D eigenvalue weighted by Gasteiger charge is 2.23. The minimum Gasteiger partial charge on any atom is -0.382 e. The lowest BCUT2D eigenvalue weighted by Crippen LogP contribution is -2.52. The van der Waals surface area contributed by atoms with Gasteiger partial charge in [-0.05, 0) is 29.4 Å². The van der Waals surface area contributed by atoms with Crippen LogP contribution in [0.25, 0.3) is 0 Å². The van der Waals surface area contributed by atoms with Gasteiger partial charge in [-0.25, -0.2) is 0 Å². The van der Waals surface area contributed by atoms with E-state index in [1.54, 1.807) is 28.6 Å². The number of hydrogen-bond donors (Lipinski definition) is 4. The number of carbonyl (C=O) groups is 2. The molecule has 8 heteroatoms. The summed E-state index contributed by atoms with van der Waals surface area (Å²) in [5.41, 5.74) is 10.6. The number of hydrazine groups is 1. The van der Waals surface area contributed by atoms with Crippen molar-refractivity contribution in [2.75, 3.05) is 11.5 Å². The SMILES string of the molecule is CCSCC[C@@H](N)C(O)C(=O)NNC(=O)c1ccsc1. The van der Waals surface area contributed by atoms with Crippen molar-refractivity contribution in [3.05, 3.63) is 22.4 Å². The lowest BCUT2D eigenvalue weighted by molar-refractivity contribution is -0.131. The number of nitrogens with two attached hydrogens (primary N) is 1. The molecular formula is C12H19N3O3S2. The number of thiophene rings is 1.